The molecule has 7 nitrogen and oxygen atoms in total. The Kier molecular flexibility index (Phi) is 6.44. The second-order valence-electron chi connectivity index (χ2n) is 8.88. The van der Waals surface area contributed by atoms with E-state index in [1.807, 2.05) is 6.07 Å². The average molecular weight is 512 g/mol. The average Bonchev–Trinajstić information content (AvgIpc) is 3.22. The van der Waals surface area contributed by atoms with E-state index in [-0.39, 0.29) is 5.91 Å². The molecular weight excluding hydrogens is 486 g/mol. The summed E-state index contributed by atoms with van der Waals surface area (Å²) in [7, 11) is 1.51. The number of methoxy groups -OCH3 is 1. The predicted octanol–water partition coefficient (Wildman–Crippen LogP) is 5.25. The number of halogens is 1. The molecule has 3 heterocycles. The van der Waals surface area contributed by atoms with Gasteiger partial charge in [0, 0.05) is 29.0 Å². The number of hydrogen-bond acceptors (Lipinski definition) is 7. The first-order valence-corrected chi connectivity index (χ1v) is 12.6. The second kappa shape index (κ2) is 9.53. The molecule has 0 spiro atoms. The van der Waals surface area contributed by atoms with Gasteiger partial charge in [0.2, 0.25) is 0 Å². The van der Waals surface area contributed by atoms with Crippen molar-refractivity contribution < 1.29 is 19.1 Å². The summed E-state index contributed by atoms with van der Waals surface area (Å²) >= 11 is 7.55. The van der Waals surface area contributed by atoms with Crippen LogP contribution in [0.15, 0.2) is 42.5 Å². The lowest BCUT2D eigenvalue weighted by Gasteiger charge is -2.31. The van der Waals surface area contributed by atoms with Crippen molar-refractivity contribution in [3.8, 4) is 11.5 Å². The molecule has 0 aliphatic carbocycles. The summed E-state index contributed by atoms with van der Waals surface area (Å²) in [6.45, 7) is 6.22. The van der Waals surface area contributed by atoms with Crippen molar-refractivity contribution in [3.05, 3.63) is 74.6 Å². The highest BCUT2D eigenvalue weighted by Gasteiger charge is 2.34. The van der Waals surface area contributed by atoms with Crippen molar-refractivity contribution in [3.63, 3.8) is 0 Å². The summed E-state index contributed by atoms with van der Waals surface area (Å²) in [6, 6.07) is 12.2. The number of esters is 1. The third-order valence-electron chi connectivity index (χ3n) is 6.40. The van der Waals surface area contributed by atoms with Crippen LogP contribution in [0, 0.1) is 0 Å². The molecule has 5 rings (SSSR count). The number of hydrogen-bond donors (Lipinski definition) is 2. The van der Waals surface area contributed by atoms with Crippen LogP contribution in [0.4, 0.5) is 5.00 Å². The minimum atomic E-state index is -0.513. The Morgan fingerprint density at radius 1 is 1.14 bits per heavy atom. The fourth-order valence-electron chi connectivity index (χ4n) is 4.44. The van der Waals surface area contributed by atoms with Crippen molar-refractivity contribution >= 4 is 39.8 Å². The van der Waals surface area contributed by atoms with E-state index in [0.29, 0.717) is 28.1 Å². The van der Waals surface area contributed by atoms with Gasteiger partial charge in [-0.05, 0) is 67.8 Å². The fraction of sp³-hybridized carbons (Fsp3) is 0.308. The van der Waals surface area contributed by atoms with Gasteiger partial charge in [0.1, 0.15) is 11.2 Å². The van der Waals surface area contributed by atoms with Crippen LogP contribution in [0.25, 0.3) is 0 Å². The number of ether oxygens (including phenoxy) is 2. The number of carbonyl (C=O) groups excluding carboxylic acids is 2. The van der Waals surface area contributed by atoms with Gasteiger partial charge in [0.25, 0.3) is 5.91 Å². The van der Waals surface area contributed by atoms with E-state index < -0.39 is 12.1 Å². The molecule has 3 aromatic rings. The van der Waals surface area contributed by atoms with Gasteiger partial charge in [-0.2, -0.15) is 0 Å². The fourth-order valence-corrected chi connectivity index (χ4v) is 5.86. The van der Waals surface area contributed by atoms with Crippen molar-refractivity contribution in [2.45, 2.75) is 39.0 Å². The van der Waals surface area contributed by atoms with Crippen LogP contribution in [0.2, 0.25) is 5.02 Å². The van der Waals surface area contributed by atoms with Gasteiger partial charge in [-0.3, -0.25) is 9.69 Å². The molecule has 35 heavy (non-hydrogen) atoms. The summed E-state index contributed by atoms with van der Waals surface area (Å²) < 4.78 is 11.0. The summed E-state index contributed by atoms with van der Waals surface area (Å²) in [4.78, 5) is 29.3. The summed E-state index contributed by atoms with van der Waals surface area (Å²) in [5.41, 5.74) is 3.10. The van der Waals surface area contributed by atoms with E-state index in [1.165, 1.54) is 12.0 Å². The quantitative estimate of drug-likeness (QED) is 0.360. The molecule has 9 heteroatoms. The summed E-state index contributed by atoms with van der Waals surface area (Å²) in [5.74, 6) is 0.0987. The lowest BCUT2D eigenvalue weighted by Crippen LogP contribution is -2.39. The van der Waals surface area contributed by atoms with Crippen LogP contribution in [0.1, 0.15) is 56.7 Å². The van der Waals surface area contributed by atoms with E-state index in [1.54, 1.807) is 47.7 Å². The van der Waals surface area contributed by atoms with Crippen LogP contribution >= 0.6 is 22.9 Å². The Labute approximate surface area is 213 Å². The normalized spacial score (nSPS) is 17.3. The molecular formula is C26H26ClN3O4S. The number of benzene rings is 2. The highest BCUT2D eigenvalue weighted by molar-refractivity contribution is 7.16. The number of nitrogens with one attached hydrogen (secondary N) is 2. The Morgan fingerprint density at radius 3 is 2.63 bits per heavy atom. The van der Waals surface area contributed by atoms with Gasteiger partial charge < -0.3 is 20.1 Å². The van der Waals surface area contributed by atoms with Gasteiger partial charge in [-0.1, -0.05) is 17.7 Å². The zero-order valence-electron chi connectivity index (χ0n) is 19.7. The summed E-state index contributed by atoms with van der Waals surface area (Å²) in [5, 5.41) is 7.98. The SMILES string of the molecule is COc1cc([C@H]2NC(=O)c3c(sc4c3CCN(C(C)C)C4)N2)ccc1OC(=O)c1ccc(Cl)cc1. The third kappa shape index (κ3) is 4.61. The maximum Gasteiger partial charge on any atom is 0.343 e. The van der Waals surface area contributed by atoms with Crippen molar-refractivity contribution in [2.24, 2.45) is 0 Å². The lowest BCUT2D eigenvalue weighted by molar-refractivity contribution is 0.0729. The van der Waals surface area contributed by atoms with Crippen LogP contribution in [-0.2, 0) is 13.0 Å². The number of thiophene rings is 1. The number of rotatable bonds is 5. The van der Waals surface area contributed by atoms with E-state index in [4.69, 9.17) is 21.1 Å². The van der Waals surface area contributed by atoms with E-state index in [2.05, 4.69) is 29.4 Å². The highest BCUT2D eigenvalue weighted by atomic mass is 35.5. The highest BCUT2D eigenvalue weighted by Crippen LogP contribution is 2.42. The lowest BCUT2D eigenvalue weighted by atomic mass is 9.99. The van der Waals surface area contributed by atoms with Crippen LogP contribution in [-0.4, -0.2) is 36.5 Å². The standard InChI is InChI=1S/C26H26ClN3O4S/c1-14(2)30-11-10-18-21(13-30)35-25-22(18)24(31)28-23(29-25)16-6-9-19(20(12-16)33-3)34-26(32)15-4-7-17(27)8-5-15/h4-9,12,14,23,29H,10-11,13H2,1-3H3,(H,28,31)/t23-/m0/s1. The molecule has 0 saturated heterocycles. The first kappa shape index (κ1) is 23.7. The smallest absolute Gasteiger partial charge is 0.343 e. The van der Waals surface area contributed by atoms with Gasteiger partial charge in [0.05, 0.1) is 18.2 Å². The topological polar surface area (TPSA) is 79.9 Å². The zero-order valence-corrected chi connectivity index (χ0v) is 21.3. The molecule has 0 unspecified atom stereocenters. The molecule has 182 valence electrons. The van der Waals surface area contributed by atoms with E-state index in [9.17, 15) is 9.59 Å². The van der Waals surface area contributed by atoms with Crippen molar-refractivity contribution in [1.82, 2.24) is 10.2 Å². The first-order valence-electron chi connectivity index (χ1n) is 11.5. The summed E-state index contributed by atoms with van der Waals surface area (Å²) in [6.07, 6.45) is 0.451. The van der Waals surface area contributed by atoms with E-state index >= 15 is 0 Å². The van der Waals surface area contributed by atoms with Crippen LogP contribution in [0.5, 0.6) is 11.5 Å². The molecule has 2 aromatic carbocycles. The Hall–Kier alpha value is -3.07. The molecule has 1 atom stereocenters. The molecule has 0 fully saturated rings. The van der Waals surface area contributed by atoms with Gasteiger partial charge in [0.15, 0.2) is 11.5 Å². The minimum absolute atomic E-state index is 0.0727. The number of carbonyl (C=O) groups is 2. The largest absolute Gasteiger partial charge is 0.493 e. The molecule has 2 aliphatic heterocycles. The Bertz CT molecular complexity index is 1290. The maximum atomic E-state index is 13.1. The monoisotopic (exact) mass is 511 g/mol. The molecule has 2 N–H and O–H groups in total. The number of anilines is 1. The molecule has 2 aliphatic rings. The van der Waals surface area contributed by atoms with Crippen LogP contribution in [0.3, 0.4) is 0 Å². The van der Waals surface area contributed by atoms with E-state index in [0.717, 1.165) is 41.2 Å². The Morgan fingerprint density at radius 2 is 1.91 bits per heavy atom. The predicted molar refractivity (Wildman–Crippen MR) is 137 cm³/mol. The van der Waals surface area contributed by atoms with Crippen molar-refractivity contribution in [1.29, 1.82) is 0 Å². The van der Waals surface area contributed by atoms with Crippen LogP contribution < -0.4 is 20.1 Å². The second-order valence-corrected chi connectivity index (χ2v) is 10.4. The molecule has 1 amide bonds. The molecule has 0 saturated carbocycles. The van der Waals surface area contributed by atoms with Gasteiger partial charge in [-0.25, -0.2) is 4.79 Å². The van der Waals surface area contributed by atoms with Crippen molar-refractivity contribution in [2.75, 3.05) is 19.0 Å². The number of amides is 1. The molecule has 0 radical (unpaired) electrons. The molecule has 0 bridgehead atoms. The maximum absolute atomic E-state index is 13.1. The molecule has 1 aromatic heterocycles. The minimum Gasteiger partial charge on any atom is -0.493 e. The first-order chi connectivity index (χ1) is 16.8. The zero-order chi connectivity index (χ0) is 24.7. The third-order valence-corrected chi connectivity index (χ3v) is 7.80. The van der Waals surface area contributed by atoms with Gasteiger partial charge >= 0.3 is 5.97 Å². The Balaban J connectivity index is 1.36. The van der Waals surface area contributed by atoms with Gasteiger partial charge in [-0.15, -0.1) is 11.3 Å². The number of nitrogens with zero attached hydrogens (tertiary/aromatic N) is 1. The number of fused-ring (bicyclic) bond motifs is 3.